The minimum absolute atomic E-state index is 0. The third-order valence-corrected chi connectivity index (χ3v) is 7.16. The molecule has 0 N–H and O–H groups in total. The van der Waals surface area contributed by atoms with Gasteiger partial charge in [-0.15, -0.1) is 0 Å². The van der Waals surface area contributed by atoms with Gasteiger partial charge in [-0.25, -0.2) is 0 Å². The molecule has 0 saturated heterocycles. The Bertz CT molecular complexity index is 879. The van der Waals surface area contributed by atoms with Gasteiger partial charge in [0.2, 0.25) is 0 Å². The topological polar surface area (TPSA) is 3.24 Å². The van der Waals surface area contributed by atoms with Gasteiger partial charge in [0.25, 0.3) is 0 Å². The quantitative estimate of drug-likeness (QED) is 0.535. The zero-order valence-electron chi connectivity index (χ0n) is 17.2. The molecule has 3 aromatic rings. The summed E-state index contributed by atoms with van der Waals surface area (Å²) >= 11 is 1.89. The lowest BCUT2D eigenvalue weighted by Crippen LogP contribution is -3.00. The Labute approximate surface area is 185 Å². The van der Waals surface area contributed by atoms with Crippen molar-refractivity contribution in [1.29, 1.82) is 0 Å². The molecule has 0 fully saturated rings. The highest BCUT2D eigenvalue weighted by Crippen LogP contribution is 2.47. The zero-order chi connectivity index (χ0) is 19.4. The summed E-state index contributed by atoms with van der Waals surface area (Å²) in [7, 11) is 0. The number of anilines is 2. The first-order chi connectivity index (χ1) is 13.7. The van der Waals surface area contributed by atoms with Crippen LogP contribution in [-0.4, -0.2) is 30.7 Å². The van der Waals surface area contributed by atoms with Gasteiger partial charge in [0.1, 0.15) is 6.54 Å². The van der Waals surface area contributed by atoms with Gasteiger partial charge in [-0.1, -0.05) is 66.4 Å². The van der Waals surface area contributed by atoms with E-state index in [1.54, 1.807) is 0 Å². The van der Waals surface area contributed by atoms with Gasteiger partial charge in [-0.3, -0.25) is 0 Å². The molecular formula is C25H29ClN2S. The van der Waals surface area contributed by atoms with E-state index < -0.39 is 0 Å². The summed E-state index contributed by atoms with van der Waals surface area (Å²) in [5.41, 5.74) is 4.12. The standard InChI is InChI=1S/C25H29N2S.ClH/c1-3-27(4-2,20-21-12-6-5-7-13-21)19-18-26-22-14-8-10-16-24(22)28-25-17-11-9-15-23(25)26;/h5-17H,3-4,18-20H2,1-2H3;1H/q+1;/p-1. The van der Waals surface area contributed by atoms with Crippen molar-refractivity contribution >= 4 is 23.1 Å². The van der Waals surface area contributed by atoms with Crippen LogP contribution in [0.1, 0.15) is 19.4 Å². The van der Waals surface area contributed by atoms with Crippen LogP contribution < -0.4 is 17.3 Å². The van der Waals surface area contributed by atoms with Crippen LogP contribution in [0.2, 0.25) is 0 Å². The highest BCUT2D eigenvalue weighted by molar-refractivity contribution is 7.99. The van der Waals surface area contributed by atoms with E-state index in [1.165, 1.54) is 26.7 Å². The predicted octanol–water partition coefficient (Wildman–Crippen LogP) is 3.35. The molecule has 0 bridgehead atoms. The molecular weight excluding hydrogens is 396 g/mol. The largest absolute Gasteiger partial charge is 1.00 e. The number of halogens is 1. The Morgan fingerprint density at radius 3 is 1.79 bits per heavy atom. The molecule has 0 radical (unpaired) electrons. The number of benzene rings is 3. The molecule has 1 aliphatic heterocycles. The first-order valence-corrected chi connectivity index (χ1v) is 11.1. The van der Waals surface area contributed by atoms with Gasteiger partial charge in [0.15, 0.2) is 0 Å². The third kappa shape index (κ3) is 4.63. The fourth-order valence-electron chi connectivity index (χ4n) is 4.15. The van der Waals surface area contributed by atoms with Gasteiger partial charge >= 0.3 is 0 Å². The highest BCUT2D eigenvalue weighted by Gasteiger charge is 2.28. The fourth-order valence-corrected chi connectivity index (χ4v) is 5.24. The molecule has 0 spiro atoms. The molecule has 29 heavy (non-hydrogen) atoms. The van der Waals surface area contributed by atoms with Crippen LogP contribution in [0.3, 0.4) is 0 Å². The second-order valence-corrected chi connectivity index (χ2v) is 8.61. The summed E-state index contributed by atoms with van der Waals surface area (Å²) in [5, 5.41) is 0. The number of quaternary nitrogens is 1. The lowest BCUT2D eigenvalue weighted by Gasteiger charge is -2.40. The van der Waals surface area contributed by atoms with Crippen LogP contribution in [0, 0.1) is 0 Å². The number of para-hydroxylation sites is 2. The summed E-state index contributed by atoms with van der Waals surface area (Å²) in [5.74, 6) is 0. The number of fused-ring (bicyclic) bond motifs is 2. The van der Waals surface area contributed by atoms with Crippen molar-refractivity contribution < 1.29 is 16.9 Å². The molecule has 0 unspecified atom stereocenters. The minimum Gasteiger partial charge on any atom is -1.00 e. The van der Waals surface area contributed by atoms with E-state index in [0.717, 1.165) is 37.2 Å². The normalized spacial score (nSPS) is 12.7. The Morgan fingerprint density at radius 2 is 1.24 bits per heavy atom. The molecule has 3 aromatic carbocycles. The molecule has 0 amide bonds. The third-order valence-electron chi connectivity index (χ3n) is 6.03. The lowest BCUT2D eigenvalue weighted by atomic mass is 10.1. The zero-order valence-corrected chi connectivity index (χ0v) is 18.8. The molecule has 2 nitrogen and oxygen atoms in total. The van der Waals surface area contributed by atoms with Crippen LogP contribution >= 0.6 is 11.8 Å². The van der Waals surface area contributed by atoms with Crippen molar-refractivity contribution in [2.75, 3.05) is 31.1 Å². The second-order valence-electron chi connectivity index (χ2n) is 7.53. The summed E-state index contributed by atoms with van der Waals surface area (Å²) in [4.78, 5) is 5.25. The van der Waals surface area contributed by atoms with Crippen LogP contribution in [-0.2, 0) is 6.54 Å². The van der Waals surface area contributed by atoms with E-state index >= 15 is 0 Å². The first-order valence-electron chi connectivity index (χ1n) is 10.3. The van der Waals surface area contributed by atoms with Crippen molar-refractivity contribution in [1.82, 2.24) is 0 Å². The molecule has 0 aliphatic carbocycles. The number of rotatable bonds is 7. The Hall–Kier alpha value is -1.94. The molecule has 152 valence electrons. The number of nitrogens with zero attached hydrogens (tertiary/aromatic N) is 2. The number of likely N-dealkylation sites (N-methyl/N-ethyl adjacent to an activating group) is 1. The SMILES string of the molecule is CC[N+](CC)(CCN1c2ccccc2Sc2ccccc21)Cc1ccccc1.[Cl-]. The monoisotopic (exact) mass is 424 g/mol. The van der Waals surface area contributed by atoms with Crippen LogP contribution in [0.5, 0.6) is 0 Å². The average molecular weight is 425 g/mol. The van der Waals surface area contributed by atoms with Crippen molar-refractivity contribution in [2.45, 2.75) is 30.2 Å². The van der Waals surface area contributed by atoms with E-state index in [1.807, 2.05) is 11.8 Å². The number of hydrogen-bond donors (Lipinski definition) is 0. The molecule has 4 heteroatoms. The van der Waals surface area contributed by atoms with E-state index in [9.17, 15) is 0 Å². The van der Waals surface area contributed by atoms with Crippen LogP contribution in [0.25, 0.3) is 0 Å². The Morgan fingerprint density at radius 1 is 0.724 bits per heavy atom. The summed E-state index contributed by atoms with van der Waals surface area (Å²) in [6.45, 7) is 10.2. The van der Waals surface area contributed by atoms with Gasteiger partial charge < -0.3 is 21.8 Å². The van der Waals surface area contributed by atoms with E-state index in [4.69, 9.17) is 0 Å². The van der Waals surface area contributed by atoms with Crippen LogP contribution in [0.4, 0.5) is 11.4 Å². The van der Waals surface area contributed by atoms with Gasteiger partial charge in [-0.2, -0.15) is 0 Å². The van der Waals surface area contributed by atoms with Crippen LogP contribution in [0.15, 0.2) is 88.7 Å². The van der Waals surface area contributed by atoms with Crippen molar-refractivity contribution in [3.63, 3.8) is 0 Å². The van der Waals surface area contributed by atoms with Crippen molar-refractivity contribution in [3.05, 3.63) is 84.4 Å². The van der Waals surface area contributed by atoms with Gasteiger partial charge in [0.05, 0.1) is 37.6 Å². The average Bonchev–Trinajstić information content (AvgIpc) is 2.76. The van der Waals surface area contributed by atoms with Gasteiger partial charge in [-0.05, 0) is 38.1 Å². The van der Waals surface area contributed by atoms with Crippen molar-refractivity contribution in [2.24, 2.45) is 0 Å². The Balaban J connectivity index is 0.00000240. The molecule has 4 rings (SSSR count). The molecule has 1 heterocycles. The van der Waals surface area contributed by atoms with E-state index in [-0.39, 0.29) is 12.4 Å². The molecule has 0 atom stereocenters. The predicted molar refractivity (Wildman–Crippen MR) is 120 cm³/mol. The maximum absolute atomic E-state index is 2.53. The first kappa shape index (κ1) is 21.8. The number of hydrogen-bond acceptors (Lipinski definition) is 2. The summed E-state index contributed by atoms with van der Waals surface area (Å²) in [6, 6.07) is 28.6. The minimum atomic E-state index is 0. The van der Waals surface area contributed by atoms with E-state index in [0.29, 0.717) is 0 Å². The fraction of sp³-hybridized carbons (Fsp3) is 0.280. The highest BCUT2D eigenvalue weighted by atomic mass is 35.5. The smallest absolute Gasteiger partial charge is 0.104 e. The van der Waals surface area contributed by atoms with Crippen molar-refractivity contribution in [3.8, 4) is 0 Å². The summed E-state index contributed by atoms with van der Waals surface area (Å²) < 4.78 is 1.11. The lowest BCUT2D eigenvalue weighted by molar-refractivity contribution is -0.936. The summed E-state index contributed by atoms with van der Waals surface area (Å²) in [6.07, 6.45) is 0. The van der Waals surface area contributed by atoms with E-state index in [2.05, 4.69) is 97.6 Å². The molecule has 1 aliphatic rings. The Kier molecular flexibility index (Phi) is 7.28. The molecule has 0 saturated carbocycles. The van der Waals surface area contributed by atoms with Gasteiger partial charge in [0, 0.05) is 15.4 Å². The maximum atomic E-state index is 2.53. The molecule has 0 aromatic heterocycles. The maximum Gasteiger partial charge on any atom is 0.104 e. The second kappa shape index (κ2) is 9.71.